The Labute approximate surface area is 175 Å². The molecule has 0 spiro atoms. The minimum Gasteiger partial charge on any atom is -0.465 e. The third-order valence-electron chi connectivity index (χ3n) is 4.46. The number of aromatic nitrogens is 2. The number of carbonyl (C=O) groups excluding carboxylic acids is 2. The number of nitrogens with zero attached hydrogens (tertiary/aromatic N) is 3. The summed E-state index contributed by atoms with van der Waals surface area (Å²) in [4.78, 5) is 35.6. The number of thiazole rings is 1. The van der Waals surface area contributed by atoms with Gasteiger partial charge < -0.3 is 4.74 Å². The largest absolute Gasteiger partial charge is 0.465 e. The van der Waals surface area contributed by atoms with Crippen molar-refractivity contribution in [2.75, 3.05) is 12.0 Å². The third kappa shape index (κ3) is 3.77. The van der Waals surface area contributed by atoms with Crippen LogP contribution in [0.15, 0.2) is 67.0 Å². The van der Waals surface area contributed by atoms with Gasteiger partial charge in [0.1, 0.15) is 11.3 Å². The van der Waals surface area contributed by atoms with Crippen molar-refractivity contribution in [3.05, 3.63) is 89.5 Å². The Morgan fingerprint density at radius 2 is 1.87 bits per heavy atom. The summed E-state index contributed by atoms with van der Waals surface area (Å²) >= 11 is 1.20. The molecule has 0 saturated carbocycles. The molecule has 0 radical (unpaired) electrons. The van der Waals surface area contributed by atoms with Crippen LogP contribution in [0.5, 0.6) is 0 Å². The van der Waals surface area contributed by atoms with Crippen molar-refractivity contribution >= 4 is 38.6 Å². The van der Waals surface area contributed by atoms with Gasteiger partial charge in [-0.3, -0.25) is 14.7 Å². The number of halogens is 1. The molecule has 2 heterocycles. The lowest BCUT2D eigenvalue weighted by atomic mass is 10.1. The number of anilines is 1. The van der Waals surface area contributed by atoms with Crippen molar-refractivity contribution in [2.45, 2.75) is 6.54 Å². The van der Waals surface area contributed by atoms with Gasteiger partial charge in [-0.1, -0.05) is 35.6 Å². The van der Waals surface area contributed by atoms with E-state index in [1.165, 1.54) is 35.5 Å². The van der Waals surface area contributed by atoms with E-state index in [0.717, 1.165) is 5.56 Å². The number of pyridine rings is 1. The van der Waals surface area contributed by atoms with Gasteiger partial charge in [-0.05, 0) is 35.9 Å². The van der Waals surface area contributed by atoms with Crippen LogP contribution in [0.3, 0.4) is 0 Å². The monoisotopic (exact) mass is 421 g/mol. The second-order valence-electron chi connectivity index (χ2n) is 6.37. The highest BCUT2D eigenvalue weighted by atomic mass is 32.1. The van der Waals surface area contributed by atoms with Crippen molar-refractivity contribution in [1.82, 2.24) is 9.97 Å². The predicted octanol–water partition coefficient (Wildman–Crippen LogP) is 4.46. The van der Waals surface area contributed by atoms with E-state index in [4.69, 9.17) is 4.74 Å². The average molecular weight is 421 g/mol. The molecule has 2 aromatic heterocycles. The van der Waals surface area contributed by atoms with Crippen LogP contribution in [0.1, 0.15) is 26.3 Å². The normalized spacial score (nSPS) is 10.7. The highest BCUT2D eigenvalue weighted by molar-refractivity contribution is 7.22. The Kier molecular flexibility index (Phi) is 5.49. The zero-order chi connectivity index (χ0) is 21.1. The minimum absolute atomic E-state index is 0.147. The van der Waals surface area contributed by atoms with Gasteiger partial charge in [-0.2, -0.15) is 0 Å². The lowest BCUT2D eigenvalue weighted by molar-refractivity contribution is 0.0597. The number of hydrogen-bond acceptors (Lipinski definition) is 6. The first-order valence-electron chi connectivity index (χ1n) is 9.01. The fourth-order valence-corrected chi connectivity index (χ4v) is 4.00. The van der Waals surface area contributed by atoms with Gasteiger partial charge in [0.15, 0.2) is 5.13 Å². The fraction of sp³-hybridized carbons (Fsp3) is 0.0909. The molecule has 4 rings (SSSR count). The van der Waals surface area contributed by atoms with Crippen molar-refractivity contribution in [3.8, 4) is 0 Å². The van der Waals surface area contributed by atoms with Crippen LogP contribution in [0.2, 0.25) is 0 Å². The summed E-state index contributed by atoms with van der Waals surface area (Å²) in [6.07, 6.45) is 3.27. The van der Waals surface area contributed by atoms with Crippen LogP contribution >= 0.6 is 11.3 Å². The molecule has 0 unspecified atom stereocenters. The van der Waals surface area contributed by atoms with Gasteiger partial charge in [0, 0.05) is 12.4 Å². The van der Waals surface area contributed by atoms with Gasteiger partial charge in [0.2, 0.25) is 0 Å². The Balaban J connectivity index is 1.82. The maximum absolute atomic E-state index is 14.2. The van der Waals surface area contributed by atoms with Crippen LogP contribution in [0.4, 0.5) is 9.52 Å². The molecular formula is C22H16FN3O3S. The number of esters is 1. The molecule has 150 valence electrons. The Morgan fingerprint density at radius 1 is 1.07 bits per heavy atom. The predicted molar refractivity (Wildman–Crippen MR) is 112 cm³/mol. The zero-order valence-electron chi connectivity index (χ0n) is 15.9. The molecule has 1 amide bonds. The molecule has 6 nitrogen and oxygen atoms in total. The highest BCUT2D eigenvalue weighted by Gasteiger charge is 2.26. The molecule has 30 heavy (non-hydrogen) atoms. The van der Waals surface area contributed by atoms with E-state index in [1.54, 1.807) is 48.8 Å². The van der Waals surface area contributed by atoms with Gasteiger partial charge in [0.05, 0.1) is 29.5 Å². The number of carbonyl (C=O) groups is 2. The maximum Gasteiger partial charge on any atom is 0.338 e. The summed E-state index contributed by atoms with van der Waals surface area (Å²) in [5, 5.41) is 0.323. The summed E-state index contributed by atoms with van der Waals surface area (Å²) in [7, 11) is 1.26. The number of benzene rings is 2. The Bertz CT molecular complexity index is 1230. The molecule has 8 heteroatoms. The third-order valence-corrected chi connectivity index (χ3v) is 5.50. The molecule has 0 aliphatic rings. The molecule has 0 fully saturated rings. The molecule has 0 saturated heterocycles. The van der Waals surface area contributed by atoms with E-state index in [0.29, 0.717) is 9.83 Å². The quantitative estimate of drug-likeness (QED) is 0.445. The molecule has 4 aromatic rings. The Hall–Kier alpha value is -3.65. The molecule has 0 aliphatic carbocycles. The second-order valence-corrected chi connectivity index (χ2v) is 7.38. The van der Waals surface area contributed by atoms with E-state index in [1.807, 2.05) is 6.07 Å². The minimum atomic E-state index is -0.615. The smallest absolute Gasteiger partial charge is 0.338 e. The van der Waals surface area contributed by atoms with Crippen molar-refractivity contribution < 1.29 is 18.7 Å². The second kappa shape index (κ2) is 8.38. The lowest BCUT2D eigenvalue weighted by Crippen LogP contribution is -2.31. The van der Waals surface area contributed by atoms with Gasteiger partial charge >= 0.3 is 5.97 Å². The van der Waals surface area contributed by atoms with Crippen molar-refractivity contribution in [2.24, 2.45) is 0 Å². The van der Waals surface area contributed by atoms with Crippen LogP contribution in [-0.4, -0.2) is 29.0 Å². The number of fused-ring (bicyclic) bond motifs is 1. The molecular weight excluding hydrogens is 405 g/mol. The number of para-hydroxylation sites is 1. The van der Waals surface area contributed by atoms with Crippen LogP contribution in [-0.2, 0) is 11.3 Å². The summed E-state index contributed by atoms with van der Waals surface area (Å²) in [5.74, 6) is -1.52. The molecule has 0 bridgehead atoms. The standard InChI is InChI=1S/C22H16FN3O3S/c1-29-21(28)16-8-3-2-7-15(16)20(27)26(13-14-6-5-11-24-12-14)22-25-19-17(23)9-4-10-18(19)30-22/h2-12H,13H2,1H3. The first-order chi connectivity index (χ1) is 14.6. The van der Waals surface area contributed by atoms with E-state index < -0.39 is 17.7 Å². The molecule has 0 atom stereocenters. The van der Waals surface area contributed by atoms with Gasteiger partial charge in [0.25, 0.3) is 5.91 Å². The Morgan fingerprint density at radius 3 is 2.57 bits per heavy atom. The van der Waals surface area contributed by atoms with E-state index in [2.05, 4.69) is 9.97 Å². The first-order valence-corrected chi connectivity index (χ1v) is 9.83. The summed E-state index contributed by atoms with van der Waals surface area (Å²) in [6.45, 7) is 0.156. The topological polar surface area (TPSA) is 72.4 Å². The lowest BCUT2D eigenvalue weighted by Gasteiger charge is -2.21. The van der Waals surface area contributed by atoms with Crippen LogP contribution in [0, 0.1) is 5.82 Å². The van der Waals surface area contributed by atoms with E-state index in [-0.39, 0.29) is 23.2 Å². The summed E-state index contributed by atoms with van der Waals surface area (Å²) in [6, 6.07) is 14.7. The maximum atomic E-state index is 14.2. The number of hydrogen-bond donors (Lipinski definition) is 0. The van der Waals surface area contributed by atoms with E-state index >= 15 is 0 Å². The van der Waals surface area contributed by atoms with Crippen LogP contribution < -0.4 is 4.90 Å². The SMILES string of the molecule is COC(=O)c1ccccc1C(=O)N(Cc1cccnc1)c1nc2c(F)cccc2s1. The van der Waals surface area contributed by atoms with Gasteiger partial charge in [-0.15, -0.1) is 0 Å². The number of methoxy groups -OCH3 is 1. The number of amides is 1. The first kappa shape index (κ1) is 19.7. The van der Waals surface area contributed by atoms with E-state index in [9.17, 15) is 14.0 Å². The summed E-state index contributed by atoms with van der Waals surface area (Å²) in [5.41, 5.74) is 1.28. The number of ether oxygens (including phenoxy) is 1. The van der Waals surface area contributed by atoms with Crippen molar-refractivity contribution in [3.63, 3.8) is 0 Å². The molecule has 0 aliphatic heterocycles. The molecule has 2 aromatic carbocycles. The zero-order valence-corrected chi connectivity index (χ0v) is 16.7. The fourth-order valence-electron chi connectivity index (χ4n) is 3.02. The van der Waals surface area contributed by atoms with Crippen molar-refractivity contribution in [1.29, 1.82) is 0 Å². The highest BCUT2D eigenvalue weighted by Crippen LogP contribution is 2.32. The molecule has 0 N–H and O–H groups in total. The van der Waals surface area contributed by atoms with Gasteiger partial charge in [-0.25, -0.2) is 14.2 Å². The summed E-state index contributed by atoms with van der Waals surface area (Å²) < 4.78 is 19.6. The van der Waals surface area contributed by atoms with Crippen LogP contribution in [0.25, 0.3) is 10.2 Å². The number of rotatable bonds is 5. The average Bonchev–Trinajstić information content (AvgIpc) is 3.22.